The van der Waals surface area contributed by atoms with Crippen molar-refractivity contribution in [3.8, 4) is 11.5 Å². The molecule has 1 fully saturated rings. The first-order chi connectivity index (χ1) is 16.4. The number of fused-ring (bicyclic) bond motifs is 1. The molecule has 0 radical (unpaired) electrons. The molecule has 0 saturated carbocycles. The van der Waals surface area contributed by atoms with Crippen molar-refractivity contribution in [2.24, 2.45) is 11.7 Å². The lowest BCUT2D eigenvalue weighted by molar-refractivity contribution is -0.141. The Kier molecular flexibility index (Phi) is 6.44. The first kappa shape index (κ1) is 24.8. The zero-order chi connectivity index (χ0) is 25.5. The molecule has 3 unspecified atom stereocenters. The van der Waals surface area contributed by atoms with Crippen LogP contribution < -0.4 is 10.6 Å². The van der Waals surface area contributed by atoms with Gasteiger partial charge in [-0.15, -0.1) is 0 Å². The second-order valence-corrected chi connectivity index (χ2v) is 12.6. The Morgan fingerprint density at radius 1 is 1.26 bits per heavy atom. The van der Waals surface area contributed by atoms with Crippen molar-refractivity contribution in [1.29, 1.82) is 5.41 Å². The van der Waals surface area contributed by atoms with Gasteiger partial charge >= 0.3 is 6.18 Å². The van der Waals surface area contributed by atoms with Gasteiger partial charge in [-0.05, 0) is 44.5 Å². The summed E-state index contributed by atoms with van der Waals surface area (Å²) >= 11 is 0. The third kappa shape index (κ3) is 4.80. The number of imidazole rings is 1. The average molecular weight is 506 g/mol. The molecule has 9 nitrogen and oxygen atoms in total. The third-order valence-electron chi connectivity index (χ3n) is 6.52. The molecule has 0 aliphatic carbocycles. The van der Waals surface area contributed by atoms with Crippen molar-refractivity contribution in [2.75, 3.05) is 24.8 Å². The number of nitrogens with two attached hydrogens (primary N) is 1. The molecule has 35 heavy (non-hydrogen) atoms. The molecule has 0 aromatic carbocycles. The number of nitrogens with zero attached hydrogens (tertiary/aromatic N) is 6. The van der Waals surface area contributed by atoms with Crippen LogP contribution in [0.3, 0.4) is 0 Å². The highest BCUT2D eigenvalue weighted by molar-refractivity contribution is 7.63. The van der Waals surface area contributed by atoms with Gasteiger partial charge < -0.3 is 20.6 Å². The lowest BCUT2D eigenvalue weighted by Crippen LogP contribution is -2.50. The topological polar surface area (TPSA) is 126 Å². The first-order valence-corrected chi connectivity index (χ1v) is 13.6. The van der Waals surface area contributed by atoms with Gasteiger partial charge in [0, 0.05) is 42.8 Å². The Labute approximate surface area is 200 Å². The fraction of sp³-hybridized carbons (Fsp3) is 0.409. The number of hydrogen-bond donors (Lipinski definition) is 2. The van der Waals surface area contributed by atoms with E-state index in [1.807, 2.05) is 11.8 Å². The summed E-state index contributed by atoms with van der Waals surface area (Å²) in [6.45, 7) is 5.95. The molecule has 3 atom stereocenters. The minimum absolute atomic E-state index is 0.125. The number of halogens is 3. The number of rotatable bonds is 5. The van der Waals surface area contributed by atoms with Crippen molar-refractivity contribution in [1.82, 2.24) is 24.3 Å². The lowest BCUT2D eigenvalue weighted by Gasteiger charge is -2.45. The predicted molar refractivity (Wildman–Crippen MR) is 128 cm³/mol. The zero-order valence-corrected chi connectivity index (χ0v) is 20.3. The summed E-state index contributed by atoms with van der Waals surface area (Å²) in [5, 5.41) is 7.76. The Hall–Kier alpha value is -3.27. The highest BCUT2D eigenvalue weighted by atomic mass is 31.2. The predicted octanol–water partition coefficient (Wildman–Crippen LogP) is 3.90. The van der Waals surface area contributed by atoms with Crippen molar-refractivity contribution >= 4 is 24.8 Å². The number of nitrogens with one attached hydrogen (secondary N) is 1. The quantitative estimate of drug-likeness (QED) is 0.397. The molecule has 1 aliphatic rings. The summed E-state index contributed by atoms with van der Waals surface area (Å²) in [6, 6.07) is 1.58. The van der Waals surface area contributed by atoms with Gasteiger partial charge in [-0.2, -0.15) is 13.2 Å². The van der Waals surface area contributed by atoms with Crippen LogP contribution in [0.2, 0.25) is 0 Å². The fourth-order valence-electron chi connectivity index (χ4n) is 4.45. The van der Waals surface area contributed by atoms with E-state index in [0.29, 0.717) is 24.4 Å². The van der Waals surface area contributed by atoms with Crippen LogP contribution in [0.15, 0.2) is 42.6 Å². The second-order valence-electron chi connectivity index (χ2n) is 9.01. The first-order valence-electron chi connectivity index (χ1n) is 10.9. The van der Waals surface area contributed by atoms with E-state index in [1.165, 1.54) is 29.2 Å². The van der Waals surface area contributed by atoms with Crippen LogP contribution in [-0.2, 0) is 10.7 Å². The second kappa shape index (κ2) is 9.07. The SMILES string of the molecule is CC1C(/C(C=N)=C/N)CC(P(C)(C)=O)CN1c1ccnc(-c2cnc3cnc(C(F)(F)F)cn23)n1. The van der Waals surface area contributed by atoms with Crippen molar-refractivity contribution < 1.29 is 17.7 Å². The number of anilines is 1. The van der Waals surface area contributed by atoms with E-state index < -0.39 is 19.0 Å². The molecule has 3 aromatic rings. The number of alkyl halides is 3. The molecular formula is C22H26F3N8OP. The van der Waals surface area contributed by atoms with Gasteiger partial charge in [0.2, 0.25) is 0 Å². The summed E-state index contributed by atoms with van der Waals surface area (Å²) in [6.07, 6.45) is 3.49. The maximum absolute atomic E-state index is 13.2. The van der Waals surface area contributed by atoms with Gasteiger partial charge in [0.25, 0.3) is 0 Å². The highest BCUT2D eigenvalue weighted by Crippen LogP contribution is 2.50. The molecule has 186 valence electrons. The zero-order valence-electron chi connectivity index (χ0n) is 19.4. The van der Waals surface area contributed by atoms with Gasteiger partial charge in [-0.3, -0.25) is 4.40 Å². The van der Waals surface area contributed by atoms with E-state index in [1.54, 1.807) is 19.4 Å². The van der Waals surface area contributed by atoms with Crippen LogP contribution >= 0.6 is 7.14 Å². The van der Waals surface area contributed by atoms with Crippen LogP contribution in [0, 0.1) is 11.3 Å². The molecule has 3 N–H and O–H groups in total. The van der Waals surface area contributed by atoms with E-state index in [4.69, 9.17) is 11.1 Å². The van der Waals surface area contributed by atoms with E-state index >= 15 is 0 Å². The van der Waals surface area contributed by atoms with Gasteiger partial charge in [0.05, 0.1) is 19.5 Å². The Morgan fingerprint density at radius 2 is 2.00 bits per heavy atom. The molecule has 0 bridgehead atoms. The summed E-state index contributed by atoms with van der Waals surface area (Å²) < 4.78 is 53.9. The molecule has 4 heterocycles. The van der Waals surface area contributed by atoms with Crippen molar-refractivity contribution in [3.05, 3.63) is 48.3 Å². The number of aromatic nitrogens is 5. The van der Waals surface area contributed by atoms with Crippen LogP contribution in [0.25, 0.3) is 17.2 Å². The summed E-state index contributed by atoms with van der Waals surface area (Å²) in [7, 11) is -2.49. The van der Waals surface area contributed by atoms with Crippen LogP contribution in [0.1, 0.15) is 19.0 Å². The van der Waals surface area contributed by atoms with E-state index in [-0.39, 0.29) is 34.8 Å². The van der Waals surface area contributed by atoms with Gasteiger partial charge in [0.1, 0.15) is 11.5 Å². The van der Waals surface area contributed by atoms with E-state index in [0.717, 1.165) is 12.4 Å². The lowest BCUT2D eigenvalue weighted by atomic mass is 9.84. The average Bonchev–Trinajstić information content (AvgIpc) is 3.23. The molecule has 0 amide bonds. The molecule has 0 spiro atoms. The van der Waals surface area contributed by atoms with Crippen molar-refractivity contribution in [3.63, 3.8) is 0 Å². The molecule has 1 saturated heterocycles. The fourth-order valence-corrected chi connectivity index (χ4v) is 5.76. The van der Waals surface area contributed by atoms with Gasteiger partial charge in [-0.25, -0.2) is 19.9 Å². The minimum atomic E-state index is -4.61. The largest absolute Gasteiger partial charge is 0.434 e. The van der Waals surface area contributed by atoms with E-state index in [9.17, 15) is 17.7 Å². The van der Waals surface area contributed by atoms with Crippen LogP contribution in [0.4, 0.5) is 19.0 Å². The normalized spacial score (nSPS) is 21.9. The molecule has 1 aliphatic heterocycles. The monoisotopic (exact) mass is 506 g/mol. The molecule has 4 rings (SSSR count). The standard InChI is InChI=1S/C22H26F3N8OP/c1-13-16(14(7-26)8-27)6-15(35(2,3)34)11-32(13)19-4-5-28-21(31-19)17-9-30-20-10-29-18(12-33(17)20)22(23,24)25/h4-5,7-10,12-13,15-16,26H,6,11,27H2,1-3H3/b14-8+,26-7?. The van der Waals surface area contributed by atoms with E-state index in [2.05, 4.69) is 19.9 Å². The molecule has 13 heteroatoms. The minimum Gasteiger partial charge on any atom is -0.404 e. The Bertz CT molecular complexity index is 1330. The Morgan fingerprint density at radius 3 is 2.63 bits per heavy atom. The smallest absolute Gasteiger partial charge is 0.404 e. The highest BCUT2D eigenvalue weighted by Gasteiger charge is 2.40. The summed E-state index contributed by atoms with van der Waals surface area (Å²) in [4.78, 5) is 18.5. The van der Waals surface area contributed by atoms with Crippen LogP contribution in [0.5, 0.6) is 0 Å². The maximum Gasteiger partial charge on any atom is 0.434 e. The summed E-state index contributed by atoms with van der Waals surface area (Å²) in [5.74, 6) is 0.587. The van der Waals surface area contributed by atoms with Gasteiger partial charge in [-0.1, -0.05) is 0 Å². The number of piperidine rings is 1. The van der Waals surface area contributed by atoms with Gasteiger partial charge in [0.15, 0.2) is 17.2 Å². The Balaban J connectivity index is 1.77. The third-order valence-corrected chi connectivity index (χ3v) is 8.66. The van der Waals surface area contributed by atoms with Crippen LogP contribution in [-0.4, -0.2) is 62.1 Å². The summed E-state index contributed by atoms with van der Waals surface area (Å²) in [5.41, 5.74) is 5.74. The molecular weight excluding hydrogens is 480 g/mol. The van der Waals surface area contributed by atoms with Crippen molar-refractivity contribution in [2.45, 2.75) is 31.2 Å². The number of hydrogen-bond acceptors (Lipinski definition) is 8. The maximum atomic E-state index is 13.2. The molecule has 3 aromatic heterocycles.